The molecule has 0 rings (SSSR count). The Labute approximate surface area is 101 Å². The lowest BCUT2D eigenvalue weighted by Crippen LogP contribution is -2.52. The lowest BCUT2D eigenvalue weighted by molar-refractivity contribution is -0.125. The Morgan fingerprint density at radius 1 is 1.44 bits per heavy atom. The van der Waals surface area contributed by atoms with Crippen LogP contribution in [-0.4, -0.2) is 35.4 Å². The van der Waals surface area contributed by atoms with Gasteiger partial charge < -0.3 is 16.8 Å². The summed E-state index contributed by atoms with van der Waals surface area (Å²) in [5.41, 5.74) is 10.1. The van der Waals surface area contributed by atoms with E-state index in [1.165, 1.54) is 0 Å². The van der Waals surface area contributed by atoms with Gasteiger partial charge >= 0.3 is 0 Å². The van der Waals surface area contributed by atoms with Gasteiger partial charge in [-0.05, 0) is 32.3 Å². The second-order valence-corrected chi connectivity index (χ2v) is 5.39. The summed E-state index contributed by atoms with van der Waals surface area (Å²) >= 11 is 1.64. The number of amides is 2. The molecule has 0 spiro atoms. The van der Waals surface area contributed by atoms with Crippen LogP contribution in [0.25, 0.3) is 0 Å². The molecule has 0 saturated carbocycles. The number of thioether (sulfide) groups is 1. The molecular formula is C10H21N3O2S. The Bertz CT molecular complexity index is 256. The van der Waals surface area contributed by atoms with E-state index in [1.54, 1.807) is 25.6 Å². The largest absolute Gasteiger partial charge is 0.370 e. The van der Waals surface area contributed by atoms with Gasteiger partial charge in [0, 0.05) is 12.0 Å². The maximum Gasteiger partial charge on any atom is 0.237 e. The van der Waals surface area contributed by atoms with Crippen molar-refractivity contribution in [2.75, 3.05) is 12.0 Å². The molecule has 0 aromatic rings. The van der Waals surface area contributed by atoms with Gasteiger partial charge in [0.05, 0.1) is 6.04 Å². The Hall–Kier alpha value is -0.750. The zero-order valence-electron chi connectivity index (χ0n) is 10.1. The predicted molar refractivity (Wildman–Crippen MR) is 67.0 cm³/mol. The Morgan fingerprint density at radius 3 is 2.44 bits per heavy atom. The van der Waals surface area contributed by atoms with E-state index in [2.05, 4.69) is 5.32 Å². The topological polar surface area (TPSA) is 98.2 Å². The first-order chi connectivity index (χ1) is 7.28. The zero-order valence-corrected chi connectivity index (χ0v) is 10.9. The van der Waals surface area contributed by atoms with E-state index in [1.807, 2.05) is 6.26 Å². The molecule has 0 radical (unpaired) electrons. The number of carbonyl (C=O) groups is 2. The van der Waals surface area contributed by atoms with Crippen molar-refractivity contribution in [1.82, 2.24) is 5.32 Å². The fourth-order valence-corrected chi connectivity index (χ4v) is 1.77. The molecule has 0 fully saturated rings. The van der Waals surface area contributed by atoms with Gasteiger partial charge in [-0.15, -0.1) is 0 Å². The highest BCUT2D eigenvalue weighted by Gasteiger charge is 2.25. The third kappa shape index (κ3) is 6.68. The van der Waals surface area contributed by atoms with Crippen LogP contribution in [-0.2, 0) is 9.59 Å². The monoisotopic (exact) mass is 247 g/mol. The minimum Gasteiger partial charge on any atom is -0.370 e. The highest BCUT2D eigenvalue weighted by Crippen LogP contribution is 2.08. The second kappa shape index (κ2) is 6.75. The van der Waals surface area contributed by atoms with Crippen LogP contribution < -0.4 is 16.8 Å². The SMILES string of the molecule is CSCC[C@@H](N)C(=O)NC(C)(C)CC(N)=O. The van der Waals surface area contributed by atoms with Gasteiger partial charge in [-0.3, -0.25) is 9.59 Å². The minimum atomic E-state index is -0.639. The average Bonchev–Trinajstić information content (AvgIpc) is 2.10. The van der Waals surface area contributed by atoms with Crippen molar-refractivity contribution in [3.05, 3.63) is 0 Å². The van der Waals surface area contributed by atoms with Crippen LogP contribution in [0, 0.1) is 0 Å². The highest BCUT2D eigenvalue weighted by atomic mass is 32.2. The number of carbonyl (C=O) groups excluding carboxylic acids is 2. The van der Waals surface area contributed by atoms with Gasteiger partial charge in [0.15, 0.2) is 0 Å². The smallest absolute Gasteiger partial charge is 0.237 e. The van der Waals surface area contributed by atoms with E-state index in [0.717, 1.165) is 5.75 Å². The number of nitrogens with one attached hydrogen (secondary N) is 1. The number of hydrogen-bond donors (Lipinski definition) is 3. The summed E-state index contributed by atoms with van der Waals surface area (Å²) in [6, 6.07) is -0.528. The van der Waals surface area contributed by atoms with Crippen molar-refractivity contribution in [3.8, 4) is 0 Å². The molecule has 0 aliphatic heterocycles. The molecule has 1 atom stereocenters. The molecular weight excluding hydrogens is 226 g/mol. The first kappa shape index (κ1) is 15.2. The van der Waals surface area contributed by atoms with E-state index in [0.29, 0.717) is 6.42 Å². The van der Waals surface area contributed by atoms with Crippen LogP contribution >= 0.6 is 11.8 Å². The molecule has 0 aliphatic rings. The summed E-state index contributed by atoms with van der Waals surface area (Å²) in [4.78, 5) is 22.4. The van der Waals surface area contributed by atoms with Crippen LogP contribution in [0.15, 0.2) is 0 Å². The van der Waals surface area contributed by atoms with Gasteiger partial charge in [-0.25, -0.2) is 0 Å². The fourth-order valence-electron chi connectivity index (χ4n) is 1.28. The quantitative estimate of drug-likeness (QED) is 0.582. The number of rotatable bonds is 7. The van der Waals surface area contributed by atoms with Gasteiger partial charge in [0.2, 0.25) is 11.8 Å². The van der Waals surface area contributed by atoms with Gasteiger partial charge in [-0.1, -0.05) is 0 Å². The molecule has 5 N–H and O–H groups in total. The van der Waals surface area contributed by atoms with E-state index < -0.39 is 17.5 Å². The van der Waals surface area contributed by atoms with Crippen molar-refractivity contribution >= 4 is 23.6 Å². The molecule has 0 aliphatic carbocycles. The summed E-state index contributed by atoms with van der Waals surface area (Å²) in [5, 5.41) is 2.72. The number of primary amides is 1. The second-order valence-electron chi connectivity index (χ2n) is 4.40. The molecule has 0 heterocycles. The summed E-state index contributed by atoms with van der Waals surface area (Å²) in [7, 11) is 0. The van der Waals surface area contributed by atoms with Crippen molar-refractivity contribution in [3.63, 3.8) is 0 Å². The summed E-state index contributed by atoms with van der Waals surface area (Å²) < 4.78 is 0. The molecule has 0 bridgehead atoms. The summed E-state index contributed by atoms with van der Waals surface area (Å²) in [5.74, 6) is 0.161. The lowest BCUT2D eigenvalue weighted by atomic mass is 9.99. The molecule has 0 saturated heterocycles. The Balaban J connectivity index is 4.15. The predicted octanol–water partition coefficient (Wildman–Crippen LogP) is -0.163. The molecule has 5 nitrogen and oxygen atoms in total. The van der Waals surface area contributed by atoms with Gasteiger partial charge in [0.25, 0.3) is 0 Å². The zero-order chi connectivity index (χ0) is 12.8. The van der Waals surface area contributed by atoms with Crippen molar-refractivity contribution in [2.45, 2.75) is 38.3 Å². The van der Waals surface area contributed by atoms with Crippen LogP contribution in [0.3, 0.4) is 0 Å². The van der Waals surface area contributed by atoms with Gasteiger partial charge in [-0.2, -0.15) is 11.8 Å². The first-order valence-corrected chi connectivity index (χ1v) is 6.53. The molecule has 6 heteroatoms. The van der Waals surface area contributed by atoms with E-state index >= 15 is 0 Å². The highest BCUT2D eigenvalue weighted by molar-refractivity contribution is 7.98. The van der Waals surface area contributed by atoms with Gasteiger partial charge in [0.1, 0.15) is 0 Å². The lowest BCUT2D eigenvalue weighted by Gasteiger charge is -2.26. The van der Waals surface area contributed by atoms with E-state index in [4.69, 9.17) is 11.5 Å². The minimum absolute atomic E-state index is 0.105. The Kier molecular flexibility index (Phi) is 6.43. The van der Waals surface area contributed by atoms with Crippen LogP contribution in [0.5, 0.6) is 0 Å². The number of nitrogens with two attached hydrogens (primary N) is 2. The maximum atomic E-state index is 11.6. The third-order valence-corrected chi connectivity index (χ3v) is 2.69. The first-order valence-electron chi connectivity index (χ1n) is 5.13. The van der Waals surface area contributed by atoms with E-state index in [9.17, 15) is 9.59 Å². The maximum absolute atomic E-state index is 11.6. The molecule has 94 valence electrons. The van der Waals surface area contributed by atoms with Crippen molar-refractivity contribution in [2.24, 2.45) is 11.5 Å². The van der Waals surface area contributed by atoms with Crippen LogP contribution in [0.2, 0.25) is 0 Å². The third-order valence-electron chi connectivity index (χ3n) is 2.05. The normalized spacial score (nSPS) is 13.2. The Morgan fingerprint density at radius 2 is 2.00 bits per heavy atom. The van der Waals surface area contributed by atoms with Crippen molar-refractivity contribution < 1.29 is 9.59 Å². The average molecular weight is 247 g/mol. The fraction of sp³-hybridized carbons (Fsp3) is 0.800. The molecule has 16 heavy (non-hydrogen) atoms. The van der Waals surface area contributed by atoms with Crippen molar-refractivity contribution in [1.29, 1.82) is 0 Å². The number of hydrogen-bond acceptors (Lipinski definition) is 4. The molecule has 2 amide bonds. The summed E-state index contributed by atoms with van der Waals surface area (Å²) in [6.45, 7) is 3.49. The van der Waals surface area contributed by atoms with Crippen LogP contribution in [0.4, 0.5) is 0 Å². The molecule has 0 aromatic carbocycles. The van der Waals surface area contributed by atoms with Crippen LogP contribution in [0.1, 0.15) is 26.7 Å². The molecule has 0 aromatic heterocycles. The molecule has 0 unspecified atom stereocenters. The summed E-state index contributed by atoms with van der Waals surface area (Å²) in [6.07, 6.45) is 2.69. The standard InChI is InChI=1S/C10H21N3O2S/c1-10(2,6-8(12)14)13-9(15)7(11)4-5-16-3/h7H,4-6,11H2,1-3H3,(H2,12,14)(H,13,15)/t7-/m1/s1. The van der Waals surface area contributed by atoms with E-state index in [-0.39, 0.29) is 12.3 Å².